The quantitative estimate of drug-likeness (QED) is 0.188. The number of aliphatic hydroxyl groups excluding tert-OH is 1. The van der Waals surface area contributed by atoms with Crippen molar-refractivity contribution in [2.75, 3.05) is 18.6 Å². The van der Waals surface area contributed by atoms with E-state index in [2.05, 4.69) is 26.3 Å². The number of rotatable bonds is 16. The van der Waals surface area contributed by atoms with Gasteiger partial charge >= 0.3 is 6.09 Å². The average Bonchev–Trinajstić information content (AvgIpc) is 3.47. The smallest absolute Gasteiger partial charge is 0.408 e. The molecule has 0 aliphatic heterocycles. The zero-order valence-electron chi connectivity index (χ0n) is 25.7. The predicted octanol–water partition coefficient (Wildman–Crippen LogP) is 3.20. The Kier molecular flexibility index (Phi) is 14.9. The van der Waals surface area contributed by atoms with Gasteiger partial charge < -0.3 is 31.1 Å². The molecular formula is C30H45N5O6S2. The van der Waals surface area contributed by atoms with E-state index in [1.165, 1.54) is 23.1 Å². The van der Waals surface area contributed by atoms with Gasteiger partial charge in [-0.15, -0.1) is 11.3 Å². The minimum Gasteiger partial charge on any atom is -0.444 e. The molecule has 0 saturated carbocycles. The summed E-state index contributed by atoms with van der Waals surface area (Å²) < 4.78 is 5.17. The molecule has 0 aliphatic carbocycles. The number of thioether (sulfide) groups is 1. The Bertz CT molecular complexity index is 1160. The van der Waals surface area contributed by atoms with Gasteiger partial charge in [-0.2, -0.15) is 11.8 Å². The molecule has 4 atom stereocenters. The van der Waals surface area contributed by atoms with Crippen molar-refractivity contribution in [2.24, 2.45) is 5.92 Å². The maximum Gasteiger partial charge on any atom is 0.408 e. The molecule has 0 saturated heterocycles. The molecule has 0 bridgehead atoms. The highest BCUT2D eigenvalue weighted by Crippen LogP contribution is 2.23. The third kappa shape index (κ3) is 13.8. The molecule has 0 unspecified atom stereocenters. The van der Waals surface area contributed by atoms with Crippen LogP contribution in [0.15, 0.2) is 41.9 Å². The van der Waals surface area contributed by atoms with Gasteiger partial charge in [-0.25, -0.2) is 9.78 Å². The zero-order chi connectivity index (χ0) is 32.0. The maximum absolute atomic E-state index is 13.6. The number of amides is 4. The van der Waals surface area contributed by atoms with E-state index in [9.17, 15) is 24.3 Å². The lowest BCUT2D eigenvalue weighted by Crippen LogP contribution is -2.57. The van der Waals surface area contributed by atoms with E-state index in [0.717, 1.165) is 5.56 Å². The molecular weight excluding hydrogens is 590 g/mol. The van der Waals surface area contributed by atoms with Gasteiger partial charge in [-0.3, -0.25) is 14.4 Å². The SMILES string of the molecule is CSCC[C@H](NC(=O)[C@H](Cc1ccccc1)NC(=O)CNC(=O)OC(C)(C)C)C(=O)N[C@@H](CC(C)C)[C@@H](O)c1nccs1. The second-order valence-electron chi connectivity index (χ2n) is 11.6. The monoisotopic (exact) mass is 635 g/mol. The number of carbonyl (C=O) groups excluding carboxylic acids is 4. The van der Waals surface area contributed by atoms with Crippen molar-refractivity contribution in [1.82, 2.24) is 26.3 Å². The molecule has 2 aromatic rings. The fraction of sp³-hybridized carbons (Fsp3) is 0.567. The number of aliphatic hydroxyl groups is 1. The predicted molar refractivity (Wildman–Crippen MR) is 170 cm³/mol. The van der Waals surface area contributed by atoms with E-state index in [4.69, 9.17) is 4.74 Å². The lowest BCUT2D eigenvalue weighted by molar-refractivity contribution is -0.132. The summed E-state index contributed by atoms with van der Waals surface area (Å²) in [5.41, 5.74) is 0.0735. The van der Waals surface area contributed by atoms with Crippen LogP contribution in [0, 0.1) is 5.92 Å². The van der Waals surface area contributed by atoms with Crippen molar-refractivity contribution in [3.8, 4) is 0 Å². The molecule has 0 aliphatic rings. The Hall–Kier alpha value is -3.16. The first kappa shape index (κ1) is 36.0. The van der Waals surface area contributed by atoms with Crippen molar-refractivity contribution in [3.63, 3.8) is 0 Å². The fourth-order valence-electron chi connectivity index (χ4n) is 4.16. The lowest BCUT2D eigenvalue weighted by atomic mass is 9.98. The van der Waals surface area contributed by atoms with Crippen molar-refractivity contribution in [1.29, 1.82) is 0 Å². The van der Waals surface area contributed by atoms with Gasteiger partial charge in [-0.1, -0.05) is 44.2 Å². The zero-order valence-corrected chi connectivity index (χ0v) is 27.3. The molecule has 0 spiro atoms. The molecule has 11 nitrogen and oxygen atoms in total. The molecule has 0 fully saturated rings. The maximum atomic E-state index is 13.6. The second kappa shape index (κ2) is 17.8. The van der Waals surface area contributed by atoms with Crippen LogP contribution in [0.5, 0.6) is 0 Å². The van der Waals surface area contributed by atoms with Crippen molar-refractivity contribution in [3.05, 3.63) is 52.5 Å². The molecule has 43 heavy (non-hydrogen) atoms. The first-order valence-corrected chi connectivity index (χ1v) is 16.5. The molecule has 0 radical (unpaired) electrons. The molecule has 1 aromatic carbocycles. The van der Waals surface area contributed by atoms with E-state index in [0.29, 0.717) is 23.6 Å². The first-order valence-electron chi connectivity index (χ1n) is 14.3. The highest BCUT2D eigenvalue weighted by Gasteiger charge is 2.31. The lowest BCUT2D eigenvalue weighted by Gasteiger charge is -2.28. The van der Waals surface area contributed by atoms with Gasteiger partial charge in [0, 0.05) is 18.0 Å². The van der Waals surface area contributed by atoms with Crippen molar-refractivity contribution in [2.45, 2.75) is 83.7 Å². The molecule has 4 amide bonds. The third-order valence-corrected chi connectivity index (χ3v) is 7.60. The molecule has 1 heterocycles. The number of carbonyl (C=O) groups is 4. The topological polar surface area (TPSA) is 159 Å². The summed E-state index contributed by atoms with van der Waals surface area (Å²) >= 11 is 2.84. The normalized spacial score (nSPS) is 14.2. The van der Waals surface area contributed by atoms with Crippen LogP contribution in [-0.4, -0.2) is 76.2 Å². The number of benzene rings is 1. The number of hydrogen-bond acceptors (Lipinski definition) is 9. The Balaban J connectivity index is 2.18. The van der Waals surface area contributed by atoms with Crippen molar-refractivity contribution < 1.29 is 29.0 Å². The Morgan fingerprint density at radius 1 is 1.02 bits per heavy atom. The van der Waals surface area contributed by atoms with E-state index in [1.807, 2.05) is 50.4 Å². The summed E-state index contributed by atoms with van der Waals surface area (Å²) in [5, 5.41) is 24.1. The summed E-state index contributed by atoms with van der Waals surface area (Å²) in [6.07, 6.45) is 2.77. The van der Waals surface area contributed by atoms with Gasteiger partial charge in [0.1, 0.15) is 35.3 Å². The summed E-state index contributed by atoms with van der Waals surface area (Å²) in [5.74, 6) is -0.788. The second-order valence-corrected chi connectivity index (χ2v) is 13.5. The summed E-state index contributed by atoms with van der Waals surface area (Å²) in [4.78, 5) is 56.1. The number of hydrogen-bond donors (Lipinski definition) is 5. The molecule has 5 N–H and O–H groups in total. The Labute approximate surface area is 262 Å². The van der Waals surface area contributed by atoms with E-state index in [-0.39, 0.29) is 12.3 Å². The van der Waals surface area contributed by atoms with Gasteiger partial charge in [0.2, 0.25) is 17.7 Å². The van der Waals surface area contributed by atoms with Crippen LogP contribution in [0.25, 0.3) is 0 Å². The number of nitrogens with zero attached hydrogens (tertiary/aromatic N) is 1. The van der Waals surface area contributed by atoms with E-state index >= 15 is 0 Å². The molecule has 13 heteroatoms. The van der Waals surface area contributed by atoms with E-state index < -0.39 is 60.2 Å². The molecule has 1 aromatic heterocycles. The highest BCUT2D eigenvalue weighted by atomic mass is 32.2. The number of thiazole rings is 1. The van der Waals surface area contributed by atoms with Gasteiger partial charge in [0.15, 0.2) is 0 Å². The Morgan fingerprint density at radius 2 is 1.70 bits per heavy atom. The van der Waals surface area contributed by atoms with E-state index in [1.54, 1.807) is 32.3 Å². The van der Waals surface area contributed by atoms with Gasteiger partial charge in [-0.05, 0) is 57.1 Å². The number of nitrogens with one attached hydrogen (secondary N) is 4. The van der Waals surface area contributed by atoms with Crippen LogP contribution in [0.2, 0.25) is 0 Å². The fourth-order valence-corrected chi connectivity index (χ4v) is 5.32. The van der Waals surface area contributed by atoms with Crippen LogP contribution in [-0.2, 0) is 25.5 Å². The molecule has 2 rings (SSSR count). The van der Waals surface area contributed by atoms with Crippen LogP contribution < -0.4 is 21.3 Å². The summed E-state index contributed by atoms with van der Waals surface area (Å²) in [6, 6.07) is 6.63. The number of ether oxygens (including phenoxy) is 1. The Morgan fingerprint density at radius 3 is 2.28 bits per heavy atom. The molecule has 238 valence electrons. The van der Waals surface area contributed by atoms with Crippen LogP contribution in [0.4, 0.5) is 4.79 Å². The van der Waals surface area contributed by atoms with Crippen LogP contribution in [0.3, 0.4) is 0 Å². The first-order chi connectivity index (χ1) is 20.3. The number of alkyl carbamates (subject to hydrolysis) is 1. The third-order valence-electron chi connectivity index (χ3n) is 6.11. The van der Waals surface area contributed by atoms with Gasteiger partial charge in [0.05, 0.1) is 6.04 Å². The summed E-state index contributed by atoms with van der Waals surface area (Å²) in [6.45, 7) is 8.73. The minimum absolute atomic E-state index is 0.167. The van der Waals surface area contributed by atoms with Crippen LogP contribution in [0.1, 0.15) is 64.1 Å². The minimum atomic E-state index is -1.02. The summed E-state index contributed by atoms with van der Waals surface area (Å²) in [7, 11) is 0. The average molecular weight is 636 g/mol. The van der Waals surface area contributed by atoms with Crippen molar-refractivity contribution >= 4 is 46.9 Å². The largest absolute Gasteiger partial charge is 0.444 e. The van der Waals surface area contributed by atoms with Gasteiger partial charge in [0.25, 0.3) is 0 Å². The standard InChI is InChI=1S/C30H45N5O6S2/c1-19(2)16-22(25(37)28-31-13-15-43-28)35-26(38)21(12-14-42-6)34-27(39)23(17-20-10-8-7-9-11-20)33-24(36)18-32-29(40)41-30(3,4)5/h7-11,13,15,19,21-23,25,37H,12,14,16-18H2,1-6H3,(H,32,40)(H,33,36)(H,34,39)(H,35,38)/t21-,22-,23-,25+/m0/s1. The highest BCUT2D eigenvalue weighted by molar-refractivity contribution is 7.98. The van der Waals surface area contributed by atoms with Crippen LogP contribution >= 0.6 is 23.1 Å². The number of aromatic nitrogens is 1.